The van der Waals surface area contributed by atoms with Gasteiger partial charge in [-0.25, -0.2) is 14.1 Å². The zero-order valence-corrected chi connectivity index (χ0v) is 12.4. The number of rotatable bonds is 1. The number of anilines is 1. The Morgan fingerprint density at radius 3 is 2.95 bits per heavy atom. The molecular formula is C14H19N3O2S. The summed E-state index contributed by atoms with van der Waals surface area (Å²) in [6.07, 6.45) is 5.27. The summed E-state index contributed by atoms with van der Waals surface area (Å²) in [5.41, 5.74) is 6.05. The fraction of sp³-hybridized carbons (Fsp3) is 0.500. The molecule has 20 heavy (non-hydrogen) atoms. The summed E-state index contributed by atoms with van der Waals surface area (Å²) in [5.74, 6) is 0.537. The number of nitrogens with zero attached hydrogens (tertiary/aromatic N) is 1. The highest BCUT2D eigenvalue weighted by Crippen LogP contribution is 2.43. The monoisotopic (exact) mass is 293 g/mol. The van der Waals surface area contributed by atoms with Crippen molar-refractivity contribution in [2.75, 3.05) is 5.32 Å². The normalized spacial score (nSPS) is 21.6. The first-order valence-electron chi connectivity index (χ1n) is 6.98. The van der Waals surface area contributed by atoms with Gasteiger partial charge in [0.25, 0.3) is 0 Å². The van der Waals surface area contributed by atoms with E-state index in [1.54, 1.807) is 0 Å². The molecule has 0 saturated heterocycles. The number of benzene rings is 1. The summed E-state index contributed by atoms with van der Waals surface area (Å²) in [4.78, 5) is 11.8. The number of thiol groups is 1. The van der Waals surface area contributed by atoms with Crippen LogP contribution >= 0.6 is 0 Å². The second-order valence-electron chi connectivity index (χ2n) is 5.58. The minimum absolute atomic E-state index is 0.537. The van der Waals surface area contributed by atoms with E-state index in [1.807, 2.05) is 0 Å². The Balaban J connectivity index is 2.06. The van der Waals surface area contributed by atoms with E-state index in [0.717, 1.165) is 37.8 Å². The Morgan fingerprint density at radius 1 is 1.40 bits per heavy atom. The molecule has 3 N–H and O–H groups in total. The highest BCUT2D eigenvalue weighted by Gasteiger charge is 2.28. The smallest absolute Gasteiger partial charge is 0.305 e. The number of amides is 2. The lowest BCUT2D eigenvalue weighted by atomic mass is 9.96. The molecule has 108 valence electrons. The lowest BCUT2D eigenvalue weighted by molar-refractivity contribution is 0.260. The molecule has 1 aromatic carbocycles. The first-order valence-corrected chi connectivity index (χ1v) is 8.26. The molecule has 2 aliphatic rings. The average Bonchev–Trinajstić information content (AvgIpc) is 2.96. The van der Waals surface area contributed by atoms with E-state index in [9.17, 15) is 9.00 Å². The van der Waals surface area contributed by atoms with Crippen molar-refractivity contribution in [3.63, 3.8) is 0 Å². The van der Waals surface area contributed by atoms with Crippen molar-refractivity contribution < 1.29 is 9.00 Å². The SMILES string of the molecule is CC1CCc2c1cc1c(c2NC(=O)/N=[SH](\N)=O)CCC1. The minimum atomic E-state index is -2.29. The van der Waals surface area contributed by atoms with Crippen LogP contribution in [0.2, 0.25) is 0 Å². The van der Waals surface area contributed by atoms with Gasteiger partial charge in [0.15, 0.2) is 0 Å². The van der Waals surface area contributed by atoms with Gasteiger partial charge < -0.3 is 5.32 Å². The van der Waals surface area contributed by atoms with Gasteiger partial charge in [-0.05, 0) is 60.3 Å². The van der Waals surface area contributed by atoms with Gasteiger partial charge >= 0.3 is 6.03 Å². The number of hydrogen-bond donors (Lipinski definition) is 3. The summed E-state index contributed by atoms with van der Waals surface area (Å²) < 4.78 is 14.2. The van der Waals surface area contributed by atoms with Crippen molar-refractivity contribution in [3.05, 3.63) is 28.3 Å². The second-order valence-corrected chi connectivity index (χ2v) is 6.39. The van der Waals surface area contributed by atoms with E-state index in [1.165, 1.54) is 22.3 Å². The number of hydrogen-bond acceptors (Lipinski definition) is 2. The summed E-state index contributed by atoms with van der Waals surface area (Å²) in [6, 6.07) is 1.71. The van der Waals surface area contributed by atoms with Crippen LogP contribution in [0.3, 0.4) is 0 Å². The number of carbonyl (C=O) groups excluding carboxylic acids is 1. The van der Waals surface area contributed by atoms with Crippen LogP contribution in [0.15, 0.2) is 10.4 Å². The summed E-state index contributed by atoms with van der Waals surface area (Å²) >= 11 is 0. The molecule has 0 aliphatic heterocycles. The zero-order chi connectivity index (χ0) is 14.3. The average molecular weight is 293 g/mol. The van der Waals surface area contributed by atoms with Gasteiger partial charge in [-0.1, -0.05) is 13.0 Å². The quantitative estimate of drug-likeness (QED) is 0.694. The van der Waals surface area contributed by atoms with E-state index in [2.05, 4.69) is 22.7 Å². The minimum Gasteiger partial charge on any atom is -0.305 e. The Hall–Kier alpha value is -1.40. The molecule has 0 saturated carbocycles. The van der Waals surface area contributed by atoms with Crippen LogP contribution in [0.25, 0.3) is 0 Å². The Labute approximate surface area is 120 Å². The van der Waals surface area contributed by atoms with Crippen molar-refractivity contribution in [1.29, 1.82) is 0 Å². The maximum absolute atomic E-state index is 11.8. The highest BCUT2D eigenvalue weighted by molar-refractivity contribution is 7.72. The molecule has 2 unspecified atom stereocenters. The number of aryl methyl sites for hydroxylation is 1. The van der Waals surface area contributed by atoms with E-state index < -0.39 is 16.8 Å². The maximum atomic E-state index is 11.8. The lowest BCUT2D eigenvalue weighted by Gasteiger charge is -2.15. The summed E-state index contributed by atoms with van der Waals surface area (Å²) in [5, 5.41) is 7.90. The third-order valence-electron chi connectivity index (χ3n) is 4.32. The van der Waals surface area contributed by atoms with Crippen LogP contribution < -0.4 is 10.5 Å². The van der Waals surface area contributed by atoms with Crippen LogP contribution in [0.4, 0.5) is 10.5 Å². The molecule has 0 heterocycles. The van der Waals surface area contributed by atoms with Gasteiger partial charge in [-0.15, -0.1) is 4.36 Å². The van der Waals surface area contributed by atoms with E-state index in [-0.39, 0.29) is 0 Å². The molecule has 0 spiro atoms. The highest BCUT2D eigenvalue weighted by atomic mass is 32.2. The second kappa shape index (κ2) is 5.18. The molecule has 2 atom stereocenters. The summed E-state index contributed by atoms with van der Waals surface area (Å²) in [7, 11) is -2.29. The fourth-order valence-electron chi connectivity index (χ4n) is 3.41. The molecule has 6 heteroatoms. The fourth-order valence-corrected chi connectivity index (χ4v) is 3.64. The molecule has 0 radical (unpaired) electrons. The van der Waals surface area contributed by atoms with Gasteiger partial charge in [0.05, 0.1) is 0 Å². The zero-order valence-electron chi connectivity index (χ0n) is 11.5. The van der Waals surface area contributed by atoms with Gasteiger partial charge in [0.2, 0.25) is 0 Å². The molecular weight excluding hydrogens is 274 g/mol. The van der Waals surface area contributed by atoms with Crippen LogP contribution in [0, 0.1) is 0 Å². The maximum Gasteiger partial charge on any atom is 0.354 e. The number of nitrogens with two attached hydrogens (primary N) is 1. The van der Waals surface area contributed by atoms with Crippen molar-refractivity contribution >= 4 is 22.5 Å². The van der Waals surface area contributed by atoms with Gasteiger partial charge in [0, 0.05) is 5.69 Å². The summed E-state index contributed by atoms with van der Waals surface area (Å²) in [6.45, 7) is 2.22. The lowest BCUT2D eigenvalue weighted by Crippen LogP contribution is -2.12. The molecule has 0 fully saturated rings. The van der Waals surface area contributed by atoms with Gasteiger partial charge in [0.1, 0.15) is 10.8 Å². The van der Waals surface area contributed by atoms with Crippen molar-refractivity contribution in [3.8, 4) is 0 Å². The third-order valence-corrected chi connectivity index (χ3v) is 4.70. The Morgan fingerprint density at radius 2 is 2.20 bits per heavy atom. The Kier molecular flexibility index (Phi) is 3.52. The molecule has 2 aliphatic carbocycles. The van der Waals surface area contributed by atoms with E-state index in [0.29, 0.717) is 5.92 Å². The van der Waals surface area contributed by atoms with Crippen molar-refractivity contribution in [2.24, 2.45) is 9.50 Å². The number of carbonyl (C=O) groups is 1. The molecule has 0 aromatic heterocycles. The largest absolute Gasteiger partial charge is 0.354 e. The van der Waals surface area contributed by atoms with Crippen molar-refractivity contribution in [1.82, 2.24) is 0 Å². The topological polar surface area (TPSA) is 84.6 Å². The van der Waals surface area contributed by atoms with Crippen LogP contribution in [0.1, 0.15) is 47.9 Å². The predicted octanol–water partition coefficient (Wildman–Crippen LogP) is 2.30. The van der Waals surface area contributed by atoms with E-state index >= 15 is 0 Å². The molecule has 5 nitrogen and oxygen atoms in total. The molecule has 0 bridgehead atoms. The van der Waals surface area contributed by atoms with Gasteiger partial charge in [-0.2, -0.15) is 0 Å². The van der Waals surface area contributed by atoms with Crippen LogP contribution in [-0.4, -0.2) is 10.2 Å². The van der Waals surface area contributed by atoms with Crippen molar-refractivity contribution in [2.45, 2.75) is 44.9 Å². The molecule has 1 aromatic rings. The first-order chi connectivity index (χ1) is 9.56. The standard InChI is InChI=1S/C14H19N3O2S/c1-8-5-6-11-12(8)7-9-3-2-4-10(9)13(11)16-14(18)17-20(15)19/h7-8,20H,2-6H2,1H3,(H3,15,16,17,18,19). The molecule has 3 rings (SSSR count). The molecule has 2 amide bonds. The third kappa shape index (κ3) is 2.33. The van der Waals surface area contributed by atoms with Crippen LogP contribution in [-0.2, 0) is 30.0 Å². The number of nitrogens with one attached hydrogen (secondary N) is 1. The number of urea groups is 1. The Bertz CT molecular complexity index is 663. The van der Waals surface area contributed by atoms with E-state index in [4.69, 9.17) is 5.14 Å². The van der Waals surface area contributed by atoms with Gasteiger partial charge in [-0.3, -0.25) is 0 Å². The van der Waals surface area contributed by atoms with Crippen LogP contribution in [0.5, 0.6) is 0 Å². The number of fused-ring (bicyclic) bond motifs is 2. The predicted molar refractivity (Wildman–Crippen MR) is 80.4 cm³/mol. The first kappa shape index (κ1) is 13.6.